The Morgan fingerprint density at radius 1 is 1.60 bits per heavy atom. The monoisotopic (exact) mass is 214 g/mol. The topological polar surface area (TPSA) is 52.6 Å². The molecule has 0 radical (unpaired) electrons. The van der Waals surface area contributed by atoms with Crippen molar-refractivity contribution < 1.29 is 9.90 Å². The number of hydrogen-bond donors (Lipinski definition) is 2. The van der Waals surface area contributed by atoms with Crippen LogP contribution in [0.15, 0.2) is 0 Å². The smallest absolute Gasteiger partial charge is 0.320 e. The van der Waals surface area contributed by atoms with Crippen molar-refractivity contribution in [3.05, 3.63) is 0 Å². The molecule has 0 aliphatic carbocycles. The maximum atomic E-state index is 11.0. The number of carboxylic acids is 1. The van der Waals surface area contributed by atoms with Gasteiger partial charge in [-0.3, -0.25) is 4.79 Å². The number of aliphatic carboxylic acids is 1. The largest absolute Gasteiger partial charge is 0.480 e. The molecule has 1 heterocycles. The molecule has 1 aliphatic rings. The van der Waals surface area contributed by atoms with Crippen molar-refractivity contribution in [3.63, 3.8) is 0 Å². The van der Waals surface area contributed by atoms with Crippen LogP contribution in [0.5, 0.6) is 0 Å². The fourth-order valence-corrected chi connectivity index (χ4v) is 2.11. The van der Waals surface area contributed by atoms with Gasteiger partial charge in [0.25, 0.3) is 0 Å². The second-order valence-electron chi connectivity index (χ2n) is 4.74. The first-order valence-electron chi connectivity index (χ1n) is 5.68. The molecule has 4 nitrogen and oxygen atoms in total. The van der Waals surface area contributed by atoms with Crippen molar-refractivity contribution in [1.29, 1.82) is 0 Å². The molecule has 1 aliphatic heterocycles. The minimum absolute atomic E-state index is 0.134. The van der Waals surface area contributed by atoms with Crippen LogP contribution in [0.25, 0.3) is 0 Å². The molecule has 1 rings (SSSR count). The summed E-state index contributed by atoms with van der Waals surface area (Å²) in [5.41, 5.74) is 0. The van der Waals surface area contributed by atoms with Gasteiger partial charge in [-0.15, -0.1) is 0 Å². The number of nitrogens with zero attached hydrogens (tertiary/aromatic N) is 1. The minimum atomic E-state index is -0.745. The molecular formula is C11H22N2O2. The fraction of sp³-hybridized carbons (Fsp3) is 0.909. The summed E-state index contributed by atoms with van der Waals surface area (Å²) >= 11 is 0. The second-order valence-corrected chi connectivity index (χ2v) is 4.74. The molecule has 15 heavy (non-hydrogen) atoms. The van der Waals surface area contributed by atoms with E-state index in [4.69, 9.17) is 5.11 Å². The van der Waals surface area contributed by atoms with Gasteiger partial charge in [0.05, 0.1) is 0 Å². The molecule has 4 heteroatoms. The molecule has 88 valence electrons. The lowest BCUT2D eigenvalue weighted by molar-refractivity contribution is -0.140. The van der Waals surface area contributed by atoms with Crippen LogP contribution >= 0.6 is 0 Å². The predicted octanol–water partition coefficient (Wildman–Crippen LogP) is 0.779. The first-order chi connectivity index (χ1) is 7.02. The zero-order chi connectivity index (χ0) is 11.4. The molecule has 0 saturated carbocycles. The molecule has 2 N–H and O–H groups in total. The van der Waals surface area contributed by atoms with Crippen molar-refractivity contribution in [1.82, 2.24) is 10.2 Å². The van der Waals surface area contributed by atoms with E-state index < -0.39 is 12.0 Å². The lowest BCUT2D eigenvalue weighted by Gasteiger charge is -2.24. The van der Waals surface area contributed by atoms with E-state index in [2.05, 4.69) is 17.3 Å². The highest BCUT2D eigenvalue weighted by atomic mass is 16.4. The average Bonchev–Trinajstić information content (AvgIpc) is 2.51. The molecule has 1 saturated heterocycles. The van der Waals surface area contributed by atoms with Crippen LogP contribution in [-0.2, 0) is 4.79 Å². The zero-order valence-electron chi connectivity index (χ0n) is 9.86. The lowest BCUT2D eigenvalue weighted by atomic mass is 10.0. The quantitative estimate of drug-likeness (QED) is 0.710. The first kappa shape index (κ1) is 12.5. The third-order valence-corrected chi connectivity index (χ3v) is 3.18. The average molecular weight is 214 g/mol. The van der Waals surface area contributed by atoms with E-state index in [0.717, 1.165) is 13.1 Å². The fourth-order valence-electron chi connectivity index (χ4n) is 2.11. The molecule has 0 aromatic rings. The van der Waals surface area contributed by atoms with Gasteiger partial charge in [-0.05, 0) is 32.4 Å². The molecule has 0 amide bonds. The zero-order valence-corrected chi connectivity index (χ0v) is 9.86. The standard InChI is InChI=1S/C11H22N2O2/c1-8(2)10(11(14)15)12-7-9-5-4-6-13(9)3/h8-10,12H,4-7H2,1-3H3,(H,14,15). The van der Waals surface area contributed by atoms with E-state index in [1.165, 1.54) is 12.8 Å². The molecular weight excluding hydrogens is 192 g/mol. The third kappa shape index (κ3) is 3.47. The van der Waals surface area contributed by atoms with E-state index in [-0.39, 0.29) is 5.92 Å². The number of nitrogens with one attached hydrogen (secondary N) is 1. The van der Waals surface area contributed by atoms with Gasteiger partial charge >= 0.3 is 5.97 Å². The molecule has 0 aromatic heterocycles. The van der Waals surface area contributed by atoms with Crippen LogP contribution in [0.2, 0.25) is 0 Å². The molecule has 1 fully saturated rings. The van der Waals surface area contributed by atoms with Crippen molar-refractivity contribution in [2.75, 3.05) is 20.1 Å². The highest BCUT2D eigenvalue weighted by molar-refractivity contribution is 5.73. The maximum absolute atomic E-state index is 11.0. The van der Waals surface area contributed by atoms with E-state index in [9.17, 15) is 4.79 Å². The summed E-state index contributed by atoms with van der Waals surface area (Å²) in [4.78, 5) is 13.2. The van der Waals surface area contributed by atoms with Crippen molar-refractivity contribution >= 4 is 5.97 Å². The van der Waals surface area contributed by atoms with Gasteiger partial charge in [0.2, 0.25) is 0 Å². The van der Waals surface area contributed by atoms with Gasteiger partial charge in [0.1, 0.15) is 6.04 Å². The van der Waals surface area contributed by atoms with Gasteiger partial charge in [-0.2, -0.15) is 0 Å². The summed E-state index contributed by atoms with van der Waals surface area (Å²) in [6.45, 7) is 5.78. The Kier molecular flexibility index (Phi) is 4.54. The Balaban J connectivity index is 2.36. The Hall–Kier alpha value is -0.610. The van der Waals surface area contributed by atoms with Gasteiger partial charge < -0.3 is 15.3 Å². The highest BCUT2D eigenvalue weighted by Crippen LogP contribution is 2.14. The maximum Gasteiger partial charge on any atom is 0.320 e. The van der Waals surface area contributed by atoms with Crippen LogP contribution in [0.3, 0.4) is 0 Å². The number of likely N-dealkylation sites (N-methyl/N-ethyl adjacent to an activating group) is 1. The lowest BCUT2D eigenvalue weighted by Crippen LogP contribution is -2.46. The summed E-state index contributed by atoms with van der Waals surface area (Å²) in [7, 11) is 2.10. The number of rotatable bonds is 5. The molecule has 2 unspecified atom stereocenters. The van der Waals surface area contributed by atoms with E-state index >= 15 is 0 Å². The van der Waals surface area contributed by atoms with E-state index in [0.29, 0.717) is 6.04 Å². The Morgan fingerprint density at radius 2 is 2.27 bits per heavy atom. The summed E-state index contributed by atoms with van der Waals surface area (Å²) in [6.07, 6.45) is 2.40. The van der Waals surface area contributed by atoms with Crippen molar-refractivity contribution in [3.8, 4) is 0 Å². The van der Waals surface area contributed by atoms with E-state index in [1.54, 1.807) is 0 Å². The normalized spacial score (nSPS) is 24.7. The number of likely N-dealkylation sites (tertiary alicyclic amines) is 1. The summed E-state index contributed by atoms with van der Waals surface area (Å²) in [5.74, 6) is -0.611. The number of carboxylic acid groups (broad SMARTS) is 1. The molecule has 2 atom stereocenters. The Bertz CT molecular complexity index is 219. The van der Waals surface area contributed by atoms with Crippen molar-refractivity contribution in [2.45, 2.75) is 38.8 Å². The SMILES string of the molecule is CC(C)C(NCC1CCCN1C)C(=O)O. The Labute approximate surface area is 91.6 Å². The molecule has 0 bridgehead atoms. The van der Waals surface area contributed by atoms with Gasteiger partial charge in [0, 0.05) is 12.6 Å². The highest BCUT2D eigenvalue weighted by Gasteiger charge is 2.25. The van der Waals surface area contributed by atoms with Gasteiger partial charge in [0.15, 0.2) is 0 Å². The van der Waals surface area contributed by atoms with Gasteiger partial charge in [-0.25, -0.2) is 0 Å². The van der Waals surface area contributed by atoms with Crippen LogP contribution in [0.4, 0.5) is 0 Å². The third-order valence-electron chi connectivity index (χ3n) is 3.18. The summed E-state index contributed by atoms with van der Waals surface area (Å²) in [6, 6.07) is 0.0876. The minimum Gasteiger partial charge on any atom is -0.480 e. The predicted molar refractivity (Wildman–Crippen MR) is 59.9 cm³/mol. The Morgan fingerprint density at radius 3 is 2.67 bits per heavy atom. The summed E-state index contributed by atoms with van der Waals surface area (Å²) < 4.78 is 0. The van der Waals surface area contributed by atoms with Crippen LogP contribution in [0, 0.1) is 5.92 Å². The van der Waals surface area contributed by atoms with Gasteiger partial charge in [-0.1, -0.05) is 13.8 Å². The number of hydrogen-bond acceptors (Lipinski definition) is 3. The van der Waals surface area contributed by atoms with Crippen LogP contribution < -0.4 is 5.32 Å². The van der Waals surface area contributed by atoms with Crippen LogP contribution in [0.1, 0.15) is 26.7 Å². The second kappa shape index (κ2) is 5.47. The van der Waals surface area contributed by atoms with Crippen LogP contribution in [-0.4, -0.2) is 48.2 Å². The molecule has 0 aromatic carbocycles. The molecule has 0 spiro atoms. The number of carbonyl (C=O) groups is 1. The van der Waals surface area contributed by atoms with Crippen molar-refractivity contribution in [2.24, 2.45) is 5.92 Å². The van der Waals surface area contributed by atoms with E-state index in [1.807, 2.05) is 13.8 Å². The first-order valence-corrected chi connectivity index (χ1v) is 5.68. The summed E-state index contributed by atoms with van der Waals surface area (Å²) in [5, 5.41) is 12.2.